The maximum Gasteiger partial charge on any atom is 0.274 e. The van der Waals surface area contributed by atoms with Crippen LogP contribution in [0.3, 0.4) is 0 Å². The Morgan fingerprint density at radius 2 is 1.85 bits per heavy atom. The predicted octanol–water partition coefficient (Wildman–Crippen LogP) is 1.14. The number of amides is 1. The molecule has 26 heavy (non-hydrogen) atoms. The molecule has 0 saturated carbocycles. The zero-order chi connectivity index (χ0) is 18.5. The van der Waals surface area contributed by atoms with E-state index < -0.39 is 0 Å². The van der Waals surface area contributed by atoms with Gasteiger partial charge in [0, 0.05) is 45.8 Å². The Labute approximate surface area is 152 Å². The van der Waals surface area contributed by atoms with Gasteiger partial charge in [0.15, 0.2) is 0 Å². The predicted molar refractivity (Wildman–Crippen MR) is 98.3 cm³/mol. The number of aryl methyl sites for hydroxylation is 1. The van der Waals surface area contributed by atoms with Gasteiger partial charge in [0.2, 0.25) is 0 Å². The van der Waals surface area contributed by atoms with E-state index in [2.05, 4.69) is 22.1 Å². The molecule has 1 saturated heterocycles. The standard InChI is InChI=1S/C19H24N4O3/c1-21-18(24)9-8-17(20-21)19(25)23-11-3-10-22(12-13-23)14-15-4-6-16(26-2)7-5-15/h4-9H,3,10-14H2,1-2H3. The van der Waals surface area contributed by atoms with Crippen molar-refractivity contribution < 1.29 is 9.53 Å². The molecule has 2 aromatic rings. The number of ether oxygens (including phenoxy) is 1. The summed E-state index contributed by atoms with van der Waals surface area (Å²) in [6.45, 7) is 3.95. The molecule has 0 atom stereocenters. The molecule has 138 valence electrons. The third-order valence-corrected chi connectivity index (χ3v) is 4.62. The van der Waals surface area contributed by atoms with Gasteiger partial charge in [0.1, 0.15) is 11.4 Å². The average molecular weight is 356 g/mol. The number of hydrogen-bond acceptors (Lipinski definition) is 5. The lowest BCUT2D eigenvalue weighted by atomic mass is 10.2. The van der Waals surface area contributed by atoms with E-state index in [1.165, 1.54) is 22.4 Å². The smallest absolute Gasteiger partial charge is 0.274 e. The molecule has 0 spiro atoms. The van der Waals surface area contributed by atoms with E-state index in [1.807, 2.05) is 17.0 Å². The van der Waals surface area contributed by atoms with Crippen LogP contribution in [0.25, 0.3) is 0 Å². The van der Waals surface area contributed by atoms with Crippen molar-refractivity contribution in [1.29, 1.82) is 0 Å². The maximum absolute atomic E-state index is 12.7. The maximum atomic E-state index is 12.7. The lowest BCUT2D eigenvalue weighted by Gasteiger charge is -2.22. The summed E-state index contributed by atoms with van der Waals surface area (Å²) >= 11 is 0. The third-order valence-electron chi connectivity index (χ3n) is 4.62. The molecule has 3 rings (SSSR count). The monoisotopic (exact) mass is 356 g/mol. The SMILES string of the molecule is COc1ccc(CN2CCCN(C(=O)c3ccc(=O)n(C)n3)CC2)cc1. The Morgan fingerprint density at radius 3 is 2.54 bits per heavy atom. The van der Waals surface area contributed by atoms with Crippen LogP contribution in [0.5, 0.6) is 5.75 Å². The quantitative estimate of drug-likeness (QED) is 0.822. The molecule has 2 heterocycles. The van der Waals surface area contributed by atoms with Crippen molar-refractivity contribution in [3.8, 4) is 5.75 Å². The van der Waals surface area contributed by atoms with Gasteiger partial charge in [-0.05, 0) is 30.2 Å². The van der Waals surface area contributed by atoms with E-state index >= 15 is 0 Å². The largest absolute Gasteiger partial charge is 0.497 e. The summed E-state index contributed by atoms with van der Waals surface area (Å²) in [5.74, 6) is 0.734. The van der Waals surface area contributed by atoms with Gasteiger partial charge in [-0.3, -0.25) is 14.5 Å². The summed E-state index contributed by atoms with van der Waals surface area (Å²) in [7, 11) is 3.22. The van der Waals surface area contributed by atoms with Crippen molar-refractivity contribution in [2.24, 2.45) is 7.05 Å². The molecule has 0 aliphatic carbocycles. The van der Waals surface area contributed by atoms with Gasteiger partial charge in [-0.25, -0.2) is 4.68 Å². The highest BCUT2D eigenvalue weighted by atomic mass is 16.5. The first kappa shape index (κ1) is 18.1. The van der Waals surface area contributed by atoms with Gasteiger partial charge in [0.25, 0.3) is 11.5 Å². The Morgan fingerprint density at radius 1 is 1.08 bits per heavy atom. The van der Waals surface area contributed by atoms with Gasteiger partial charge in [0.05, 0.1) is 7.11 Å². The van der Waals surface area contributed by atoms with E-state index in [9.17, 15) is 9.59 Å². The fraction of sp³-hybridized carbons (Fsp3) is 0.421. The van der Waals surface area contributed by atoms with Crippen molar-refractivity contribution in [3.63, 3.8) is 0 Å². The highest BCUT2D eigenvalue weighted by Crippen LogP contribution is 2.14. The van der Waals surface area contributed by atoms with Gasteiger partial charge >= 0.3 is 0 Å². The average Bonchev–Trinajstić information content (AvgIpc) is 2.89. The fourth-order valence-electron chi connectivity index (χ4n) is 3.10. The number of rotatable bonds is 4. The van der Waals surface area contributed by atoms with Crippen molar-refractivity contribution in [2.45, 2.75) is 13.0 Å². The van der Waals surface area contributed by atoms with Crippen molar-refractivity contribution in [1.82, 2.24) is 19.6 Å². The molecule has 1 aromatic carbocycles. The van der Waals surface area contributed by atoms with Gasteiger partial charge in [-0.2, -0.15) is 5.10 Å². The number of aromatic nitrogens is 2. The Balaban J connectivity index is 1.61. The molecule has 0 bridgehead atoms. The van der Waals surface area contributed by atoms with Crippen LogP contribution < -0.4 is 10.3 Å². The Kier molecular flexibility index (Phi) is 5.68. The molecule has 7 heteroatoms. The molecular weight excluding hydrogens is 332 g/mol. The van der Waals surface area contributed by atoms with Crippen LogP contribution in [0.15, 0.2) is 41.2 Å². The summed E-state index contributed by atoms with van der Waals surface area (Å²) in [5.41, 5.74) is 1.32. The van der Waals surface area contributed by atoms with Crippen LogP contribution in [0.2, 0.25) is 0 Å². The molecule has 1 aliphatic heterocycles. The van der Waals surface area contributed by atoms with Crippen molar-refractivity contribution in [2.75, 3.05) is 33.3 Å². The summed E-state index contributed by atoms with van der Waals surface area (Å²) < 4.78 is 6.39. The van der Waals surface area contributed by atoms with E-state index in [1.54, 1.807) is 14.2 Å². The second kappa shape index (κ2) is 8.14. The second-order valence-electron chi connectivity index (χ2n) is 6.45. The first-order valence-electron chi connectivity index (χ1n) is 8.76. The molecule has 1 aliphatic rings. The third kappa shape index (κ3) is 4.29. The lowest BCUT2D eigenvalue weighted by Crippen LogP contribution is -2.36. The van der Waals surface area contributed by atoms with Crippen molar-refractivity contribution >= 4 is 5.91 Å². The minimum absolute atomic E-state index is 0.119. The number of carbonyl (C=O) groups is 1. The van der Waals surface area contributed by atoms with Gasteiger partial charge in [-0.15, -0.1) is 0 Å². The number of hydrogen-bond donors (Lipinski definition) is 0. The van der Waals surface area contributed by atoms with E-state index in [4.69, 9.17) is 4.74 Å². The normalized spacial score (nSPS) is 15.5. The topological polar surface area (TPSA) is 67.7 Å². The van der Waals surface area contributed by atoms with Crippen LogP contribution in [0.4, 0.5) is 0 Å². The number of methoxy groups -OCH3 is 1. The minimum Gasteiger partial charge on any atom is -0.497 e. The van der Waals surface area contributed by atoms with Crippen LogP contribution in [-0.2, 0) is 13.6 Å². The summed E-state index contributed by atoms with van der Waals surface area (Å²) in [6, 6.07) is 11.0. The number of benzene rings is 1. The van der Waals surface area contributed by atoms with Crippen LogP contribution in [0, 0.1) is 0 Å². The molecule has 0 unspecified atom stereocenters. The highest BCUT2D eigenvalue weighted by Gasteiger charge is 2.21. The molecule has 0 N–H and O–H groups in total. The fourth-order valence-corrected chi connectivity index (χ4v) is 3.10. The minimum atomic E-state index is -0.219. The van der Waals surface area contributed by atoms with Gasteiger partial charge < -0.3 is 9.64 Å². The van der Waals surface area contributed by atoms with Crippen LogP contribution in [-0.4, -0.2) is 58.8 Å². The van der Waals surface area contributed by atoms with Crippen molar-refractivity contribution in [3.05, 3.63) is 58.0 Å². The zero-order valence-electron chi connectivity index (χ0n) is 15.2. The molecule has 1 aromatic heterocycles. The van der Waals surface area contributed by atoms with Crippen LogP contribution >= 0.6 is 0 Å². The Hall–Kier alpha value is -2.67. The summed E-state index contributed by atoms with van der Waals surface area (Å²) in [5, 5.41) is 4.07. The van der Waals surface area contributed by atoms with E-state index in [0.29, 0.717) is 18.8 Å². The van der Waals surface area contributed by atoms with E-state index in [-0.39, 0.29) is 11.5 Å². The second-order valence-corrected chi connectivity index (χ2v) is 6.45. The first-order chi connectivity index (χ1) is 12.6. The number of nitrogens with zero attached hydrogens (tertiary/aromatic N) is 4. The molecule has 7 nitrogen and oxygen atoms in total. The Bertz CT molecular complexity index is 816. The summed E-state index contributed by atoms with van der Waals surface area (Å²) in [6.07, 6.45) is 0.910. The van der Waals surface area contributed by atoms with Crippen LogP contribution in [0.1, 0.15) is 22.5 Å². The molecular formula is C19H24N4O3. The highest BCUT2D eigenvalue weighted by molar-refractivity contribution is 5.92. The first-order valence-corrected chi connectivity index (χ1v) is 8.76. The lowest BCUT2D eigenvalue weighted by molar-refractivity contribution is 0.0752. The molecule has 0 radical (unpaired) electrons. The summed E-state index contributed by atoms with van der Waals surface area (Å²) in [4.78, 5) is 28.3. The molecule has 1 fully saturated rings. The number of carbonyl (C=O) groups excluding carboxylic acids is 1. The van der Waals surface area contributed by atoms with Gasteiger partial charge in [-0.1, -0.05) is 12.1 Å². The molecule has 1 amide bonds. The van der Waals surface area contributed by atoms with E-state index in [0.717, 1.165) is 31.8 Å². The zero-order valence-corrected chi connectivity index (χ0v) is 15.2.